The van der Waals surface area contributed by atoms with Gasteiger partial charge in [-0.2, -0.15) is 8.78 Å². The number of ether oxygens (including phenoxy) is 3. The summed E-state index contributed by atoms with van der Waals surface area (Å²) in [4.78, 5) is 36.7. The van der Waals surface area contributed by atoms with E-state index in [0.29, 0.717) is 13.3 Å². The van der Waals surface area contributed by atoms with Gasteiger partial charge in [-0.05, 0) is 39.0 Å². The molecule has 3 saturated carbocycles. The maximum absolute atomic E-state index is 13.2. The molecule has 144 valence electrons. The van der Waals surface area contributed by atoms with Crippen molar-refractivity contribution < 1.29 is 37.4 Å². The first-order valence-electron chi connectivity index (χ1n) is 9.13. The number of carbonyl (C=O) groups excluding carboxylic acids is 3. The number of hydrogen-bond acceptors (Lipinski definition) is 6. The van der Waals surface area contributed by atoms with Gasteiger partial charge in [0.05, 0.1) is 11.8 Å². The number of alkyl halides is 2. The van der Waals surface area contributed by atoms with E-state index < -0.39 is 59.4 Å². The summed E-state index contributed by atoms with van der Waals surface area (Å²) in [6.07, 6.45) is 2.14. The van der Waals surface area contributed by atoms with Gasteiger partial charge in [0.25, 0.3) is 0 Å². The van der Waals surface area contributed by atoms with Crippen LogP contribution in [0.1, 0.15) is 46.0 Å². The minimum absolute atomic E-state index is 0.287. The van der Waals surface area contributed by atoms with Crippen LogP contribution in [0, 0.1) is 23.7 Å². The molecule has 0 spiro atoms. The number of halogens is 2. The quantitative estimate of drug-likeness (QED) is 0.556. The lowest BCUT2D eigenvalue weighted by atomic mass is 9.78. The molecule has 8 heteroatoms. The summed E-state index contributed by atoms with van der Waals surface area (Å²) in [5.74, 6) is -8.57. The molecule has 0 N–H and O–H groups in total. The fourth-order valence-electron chi connectivity index (χ4n) is 5.23. The fraction of sp³-hybridized carbons (Fsp3) is 0.833. The van der Waals surface area contributed by atoms with Crippen molar-refractivity contribution in [2.45, 2.75) is 69.7 Å². The first kappa shape index (κ1) is 17.7. The van der Waals surface area contributed by atoms with Crippen LogP contribution in [0.25, 0.3) is 0 Å². The molecule has 4 rings (SSSR count). The van der Waals surface area contributed by atoms with Crippen molar-refractivity contribution in [3.8, 4) is 0 Å². The monoisotopic (exact) mass is 372 g/mol. The summed E-state index contributed by atoms with van der Waals surface area (Å²) in [7, 11) is 0. The van der Waals surface area contributed by atoms with Gasteiger partial charge < -0.3 is 14.2 Å². The number of hydrogen-bond donors (Lipinski definition) is 0. The van der Waals surface area contributed by atoms with Crippen LogP contribution in [-0.4, -0.2) is 41.6 Å². The lowest BCUT2D eigenvalue weighted by molar-refractivity contribution is -0.187. The molecule has 0 aromatic heterocycles. The highest BCUT2D eigenvalue weighted by molar-refractivity contribution is 5.86. The van der Waals surface area contributed by atoms with Gasteiger partial charge >= 0.3 is 23.8 Å². The maximum atomic E-state index is 13.2. The number of rotatable bonds is 4. The van der Waals surface area contributed by atoms with Crippen LogP contribution in [0.5, 0.6) is 0 Å². The molecule has 0 radical (unpaired) electrons. The van der Waals surface area contributed by atoms with Crippen LogP contribution in [0.15, 0.2) is 0 Å². The number of carbonyl (C=O) groups is 3. The largest absolute Gasteiger partial charge is 0.459 e. The molecule has 6 unspecified atom stereocenters. The van der Waals surface area contributed by atoms with E-state index in [1.807, 2.05) is 6.92 Å². The Labute approximate surface area is 149 Å². The summed E-state index contributed by atoms with van der Waals surface area (Å²) in [5.41, 5.74) is -0.552. The first-order valence-corrected chi connectivity index (χ1v) is 9.13. The second-order valence-electron chi connectivity index (χ2n) is 8.35. The van der Waals surface area contributed by atoms with Crippen LogP contribution in [0.2, 0.25) is 0 Å². The summed E-state index contributed by atoms with van der Waals surface area (Å²) in [6, 6.07) is 0. The third-order valence-corrected chi connectivity index (χ3v) is 6.43. The summed E-state index contributed by atoms with van der Waals surface area (Å²) >= 11 is 0. The Morgan fingerprint density at radius 3 is 2.50 bits per heavy atom. The van der Waals surface area contributed by atoms with E-state index in [1.165, 1.54) is 0 Å². The van der Waals surface area contributed by atoms with E-state index in [2.05, 4.69) is 0 Å². The van der Waals surface area contributed by atoms with Crippen LogP contribution in [-0.2, 0) is 28.6 Å². The zero-order valence-electron chi connectivity index (χ0n) is 14.7. The Morgan fingerprint density at radius 1 is 1.23 bits per heavy atom. The normalized spacial score (nSPS) is 39.8. The predicted octanol–water partition coefficient (Wildman–Crippen LogP) is 2.24. The summed E-state index contributed by atoms with van der Waals surface area (Å²) < 4.78 is 42.4. The maximum Gasteiger partial charge on any atom is 0.377 e. The molecule has 0 aromatic rings. The molecular weight excluding hydrogens is 350 g/mol. The average molecular weight is 372 g/mol. The SMILES string of the molecule is CC1(OC(=O)C2C3CC4C(OC(=O)C42)C3OC(=O)C(C)(F)F)CCCC1. The van der Waals surface area contributed by atoms with Crippen molar-refractivity contribution in [2.24, 2.45) is 23.7 Å². The highest BCUT2D eigenvalue weighted by atomic mass is 19.3. The zero-order valence-corrected chi connectivity index (χ0v) is 14.7. The molecule has 1 heterocycles. The zero-order chi connectivity index (χ0) is 18.9. The third-order valence-electron chi connectivity index (χ3n) is 6.43. The van der Waals surface area contributed by atoms with E-state index in [0.717, 1.165) is 25.7 Å². The van der Waals surface area contributed by atoms with Crippen molar-refractivity contribution >= 4 is 17.9 Å². The Balaban J connectivity index is 1.55. The van der Waals surface area contributed by atoms with Gasteiger partial charge in [-0.15, -0.1) is 0 Å². The minimum atomic E-state index is -3.64. The fourth-order valence-corrected chi connectivity index (χ4v) is 5.23. The Kier molecular flexibility index (Phi) is 3.83. The summed E-state index contributed by atoms with van der Waals surface area (Å²) in [5, 5.41) is 0. The lowest BCUT2D eigenvalue weighted by Gasteiger charge is -2.33. The molecule has 4 fully saturated rings. The molecule has 0 aromatic carbocycles. The second kappa shape index (κ2) is 5.63. The molecule has 3 aliphatic carbocycles. The van der Waals surface area contributed by atoms with Gasteiger partial charge in [0.1, 0.15) is 17.8 Å². The molecule has 2 bridgehead atoms. The molecule has 0 amide bonds. The molecule has 4 aliphatic rings. The van der Waals surface area contributed by atoms with E-state index in [4.69, 9.17) is 14.2 Å². The van der Waals surface area contributed by atoms with Crippen molar-refractivity contribution in [3.05, 3.63) is 0 Å². The standard InChI is InChI=1S/C18H22F2O6/c1-17(5-3-4-6-17)26-15(22)11-9-7-8-10(11)14(21)24-12(8)13(9)25-16(23)18(2,19)20/h8-13H,3-7H2,1-2H3. The topological polar surface area (TPSA) is 78.9 Å². The molecule has 6 atom stereocenters. The lowest BCUT2D eigenvalue weighted by Crippen LogP contribution is -2.46. The van der Waals surface area contributed by atoms with Gasteiger partial charge in [0.15, 0.2) is 0 Å². The number of fused-ring (bicyclic) bond motifs is 1. The van der Waals surface area contributed by atoms with Crippen molar-refractivity contribution in [1.82, 2.24) is 0 Å². The first-order chi connectivity index (χ1) is 12.1. The smallest absolute Gasteiger partial charge is 0.377 e. The highest BCUT2D eigenvalue weighted by Crippen LogP contribution is 2.59. The van der Waals surface area contributed by atoms with E-state index in [-0.39, 0.29) is 5.92 Å². The minimum Gasteiger partial charge on any atom is -0.459 e. The van der Waals surface area contributed by atoms with E-state index in [9.17, 15) is 23.2 Å². The van der Waals surface area contributed by atoms with Gasteiger partial charge in [0, 0.05) is 18.8 Å². The predicted molar refractivity (Wildman–Crippen MR) is 81.9 cm³/mol. The van der Waals surface area contributed by atoms with Gasteiger partial charge in [-0.3, -0.25) is 9.59 Å². The van der Waals surface area contributed by atoms with Gasteiger partial charge in [-0.1, -0.05) is 0 Å². The van der Waals surface area contributed by atoms with Crippen LogP contribution >= 0.6 is 0 Å². The van der Waals surface area contributed by atoms with Crippen LogP contribution in [0.4, 0.5) is 8.78 Å². The summed E-state index contributed by atoms with van der Waals surface area (Å²) in [6.45, 7) is 2.33. The second-order valence-corrected chi connectivity index (χ2v) is 8.35. The average Bonchev–Trinajstić information content (AvgIpc) is 3.23. The molecule has 1 aliphatic heterocycles. The molecule has 1 saturated heterocycles. The van der Waals surface area contributed by atoms with Crippen LogP contribution < -0.4 is 0 Å². The van der Waals surface area contributed by atoms with Crippen LogP contribution in [0.3, 0.4) is 0 Å². The Morgan fingerprint density at radius 2 is 1.88 bits per heavy atom. The van der Waals surface area contributed by atoms with Crippen molar-refractivity contribution in [2.75, 3.05) is 0 Å². The Bertz CT molecular complexity index is 651. The Hall–Kier alpha value is -1.73. The third kappa shape index (κ3) is 2.60. The number of esters is 3. The van der Waals surface area contributed by atoms with Gasteiger partial charge in [0.2, 0.25) is 0 Å². The van der Waals surface area contributed by atoms with Crippen molar-refractivity contribution in [1.29, 1.82) is 0 Å². The van der Waals surface area contributed by atoms with E-state index in [1.54, 1.807) is 0 Å². The molecular formula is C18H22F2O6. The molecule has 6 nitrogen and oxygen atoms in total. The molecule has 26 heavy (non-hydrogen) atoms. The van der Waals surface area contributed by atoms with Gasteiger partial charge in [-0.25, -0.2) is 4.79 Å². The van der Waals surface area contributed by atoms with E-state index >= 15 is 0 Å². The van der Waals surface area contributed by atoms with Crippen molar-refractivity contribution in [3.63, 3.8) is 0 Å². The highest BCUT2D eigenvalue weighted by Gasteiger charge is 2.70.